The molecule has 1 atom stereocenters. The van der Waals surface area contributed by atoms with Gasteiger partial charge in [-0.25, -0.2) is 9.97 Å². The molecule has 3 rings (SSSR count). The Kier molecular flexibility index (Phi) is 4.28. The van der Waals surface area contributed by atoms with Gasteiger partial charge in [0.05, 0.1) is 0 Å². The number of hydrogen-bond acceptors (Lipinski definition) is 7. The molecule has 0 aromatic carbocycles. The Morgan fingerprint density at radius 3 is 3.05 bits per heavy atom. The number of hydrogen-bond donors (Lipinski definition) is 1. The Morgan fingerprint density at radius 1 is 1.45 bits per heavy atom. The lowest BCUT2D eigenvalue weighted by molar-refractivity contribution is -0.130. The number of aromatic nitrogens is 4. The average Bonchev–Trinajstić information content (AvgIpc) is 2.99. The SMILES string of the molecule is CC(=O)N1CCC[C@@H](c2nc(C)cc(Nc3nncs3)n2)C1. The molecule has 3 heterocycles. The second-order valence-corrected chi connectivity index (χ2v) is 6.26. The van der Waals surface area contributed by atoms with Crippen LogP contribution in [0.5, 0.6) is 0 Å². The van der Waals surface area contributed by atoms with Gasteiger partial charge in [0.1, 0.15) is 17.2 Å². The van der Waals surface area contributed by atoms with E-state index in [1.54, 1.807) is 12.4 Å². The van der Waals surface area contributed by atoms with Crippen LogP contribution in [0.25, 0.3) is 0 Å². The number of rotatable bonds is 3. The molecule has 2 aromatic heterocycles. The van der Waals surface area contributed by atoms with Crippen molar-refractivity contribution in [2.45, 2.75) is 32.6 Å². The van der Waals surface area contributed by atoms with Crippen molar-refractivity contribution in [3.05, 3.63) is 23.1 Å². The van der Waals surface area contributed by atoms with Gasteiger partial charge in [-0.15, -0.1) is 10.2 Å². The molecule has 7 nitrogen and oxygen atoms in total. The average molecular weight is 318 g/mol. The Hall–Kier alpha value is -2.09. The van der Waals surface area contributed by atoms with E-state index in [1.165, 1.54) is 11.3 Å². The summed E-state index contributed by atoms with van der Waals surface area (Å²) in [7, 11) is 0. The molecular formula is C14H18N6OS. The highest BCUT2D eigenvalue weighted by atomic mass is 32.1. The fourth-order valence-electron chi connectivity index (χ4n) is 2.65. The molecule has 0 radical (unpaired) electrons. The second-order valence-electron chi connectivity index (χ2n) is 5.43. The van der Waals surface area contributed by atoms with Gasteiger partial charge in [0.15, 0.2) is 0 Å². The van der Waals surface area contributed by atoms with Crippen molar-refractivity contribution in [2.24, 2.45) is 0 Å². The highest BCUT2D eigenvalue weighted by Gasteiger charge is 2.25. The first kappa shape index (κ1) is 14.8. The quantitative estimate of drug-likeness (QED) is 0.933. The van der Waals surface area contributed by atoms with E-state index in [1.807, 2.05) is 17.9 Å². The van der Waals surface area contributed by atoms with E-state index in [0.29, 0.717) is 11.7 Å². The standard InChI is InChI=1S/C14H18N6OS/c1-9-6-12(18-14-19-15-8-22-14)17-13(16-9)11-4-3-5-20(7-11)10(2)21/h6,8,11H,3-5,7H2,1-2H3,(H,16,17,18,19)/t11-/m1/s1. The number of aryl methyl sites for hydroxylation is 1. The Morgan fingerprint density at radius 2 is 2.32 bits per heavy atom. The van der Waals surface area contributed by atoms with Gasteiger partial charge < -0.3 is 10.2 Å². The molecule has 0 bridgehead atoms. The van der Waals surface area contributed by atoms with Gasteiger partial charge >= 0.3 is 0 Å². The first-order valence-electron chi connectivity index (χ1n) is 7.26. The lowest BCUT2D eigenvalue weighted by atomic mass is 9.97. The zero-order chi connectivity index (χ0) is 15.5. The van der Waals surface area contributed by atoms with Crippen LogP contribution in [-0.2, 0) is 4.79 Å². The molecule has 1 saturated heterocycles. The third-order valence-corrected chi connectivity index (χ3v) is 4.31. The summed E-state index contributed by atoms with van der Waals surface area (Å²) in [6, 6.07) is 1.89. The molecule has 8 heteroatoms. The summed E-state index contributed by atoms with van der Waals surface area (Å²) in [6.45, 7) is 5.08. The first-order chi connectivity index (χ1) is 10.6. The molecule has 1 fully saturated rings. The molecule has 0 aliphatic carbocycles. The van der Waals surface area contributed by atoms with E-state index in [-0.39, 0.29) is 11.8 Å². The molecule has 1 amide bonds. The minimum absolute atomic E-state index is 0.115. The third-order valence-electron chi connectivity index (χ3n) is 3.70. The number of carbonyl (C=O) groups excluding carboxylic acids is 1. The maximum atomic E-state index is 11.6. The minimum atomic E-state index is 0.115. The molecule has 1 N–H and O–H groups in total. The molecular weight excluding hydrogens is 300 g/mol. The predicted octanol–water partition coefficient (Wildman–Crippen LogP) is 2.11. The normalized spacial score (nSPS) is 18.3. The summed E-state index contributed by atoms with van der Waals surface area (Å²) in [6.07, 6.45) is 1.99. The van der Waals surface area contributed by atoms with Crippen molar-refractivity contribution in [2.75, 3.05) is 18.4 Å². The van der Waals surface area contributed by atoms with Crippen LogP contribution in [0, 0.1) is 6.92 Å². The van der Waals surface area contributed by atoms with Crippen LogP contribution in [0.3, 0.4) is 0 Å². The van der Waals surface area contributed by atoms with Gasteiger partial charge in [0.25, 0.3) is 0 Å². The topological polar surface area (TPSA) is 83.9 Å². The van der Waals surface area contributed by atoms with E-state index in [2.05, 4.69) is 25.5 Å². The van der Waals surface area contributed by atoms with Crippen molar-refractivity contribution in [1.82, 2.24) is 25.1 Å². The van der Waals surface area contributed by atoms with E-state index in [0.717, 1.165) is 36.7 Å². The second kappa shape index (κ2) is 6.35. The number of anilines is 2. The number of nitrogens with one attached hydrogen (secondary N) is 1. The monoisotopic (exact) mass is 318 g/mol. The van der Waals surface area contributed by atoms with E-state index in [9.17, 15) is 4.79 Å². The summed E-state index contributed by atoms with van der Waals surface area (Å²) >= 11 is 1.42. The van der Waals surface area contributed by atoms with Crippen LogP contribution in [-0.4, -0.2) is 44.1 Å². The van der Waals surface area contributed by atoms with Crippen molar-refractivity contribution in [1.29, 1.82) is 0 Å². The van der Waals surface area contributed by atoms with Gasteiger partial charge in [-0.3, -0.25) is 4.79 Å². The zero-order valence-corrected chi connectivity index (χ0v) is 13.4. The Bertz CT molecular complexity index is 659. The Balaban J connectivity index is 1.81. The fourth-order valence-corrected chi connectivity index (χ4v) is 3.10. The van der Waals surface area contributed by atoms with Crippen LogP contribution in [0.2, 0.25) is 0 Å². The summed E-state index contributed by atoms with van der Waals surface area (Å²) in [5.41, 5.74) is 2.57. The van der Waals surface area contributed by atoms with Crippen LogP contribution >= 0.6 is 11.3 Å². The van der Waals surface area contributed by atoms with Crippen molar-refractivity contribution >= 4 is 28.2 Å². The van der Waals surface area contributed by atoms with E-state index >= 15 is 0 Å². The zero-order valence-electron chi connectivity index (χ0n) is 12.6. The van der Waals surface area contributed by atoms with Crippen LogP contribution < -0.4 is 5.32 Å². The lowest BCUT2D eigenvalue weighted by Crippen LogP contribution is -2.38. The lowest BCUT2D eigenvalue weighted by Gasteiger charge is -2.31. The highest BCUT2D eigenvalue weighted by molar-refractivity contribution is 7.13. The van der Waals surface area contributed by atoms with Crippen LogP contribution in [0.1, 0.15) is 37.2 Å². The molecule has 116 valence electrons. The Labute approximate surface area is 132 Å². The van der Waals surface area contributed by atoms with E-state index < -0.39 is 0 Å². The van der Waals surface area contributed by atoms with E-state index in [4.69, 9.17) is 0 Å². The van der Waals surface area contributed by atoms with Gasteiger partial charge in [0, 0.05) is 37.7 Å². The predicted molar refractivity (Wildman–Crippen MR) is 84.2 cm³/mol. The number of piperidine rings is 1. The van der Waals surface area contributed by atoms with Gasteiger partial charge in [-0.05, 0) is 19.8 Å². The van der Waals surface area contributed by atoms with Gasteiger partial charge in [-0.1, -0.05) is 11.3 Å². The number of nitrogens with zero attached hydrogens (tertiary/aromatic N) is 5. The maximum Gasteiger partial charge on any atom is 0.219 e. The molecule has 1 aliphatic heterocycles. The van der Waals surface area contributed by atoms with Gasteiger partial charge in [-0.2, -0.15) is 0 Å². The molecule has 1 aliphatic rings. The molecule has 22 heavy (non-hydrogen) atoms. The fraction of sp³-hybridized carbons (Fsp3) is 0.500. The molecule has 0 unspecified atom stereocenters. The van der Waals surface area contributed by atoms with Crippen molar-refractivity contribution in [3.63, 3.8) is 0 Å². The molecule has 0 saturated carbocycles. The number of likely N-dealkylation sites (tertiary alicyclic amines) is 1. The third kappa shape index (κ3) is 3.38. The number of amides is 1. The molecule has 2 aromatic rings. The summed E-state index contributed by atoms with van der Waals surface area (Å²) in [4.78, 5) is 22.6. The largest absolute Gasteiger partial charge is 0.342 e. The van der Waals surface area contributed by atoms with Crippen LogP contribution in [0.4, 0.5) is 10.9 Å². The van der Waals surface area contributed by atoms with Crippen molar-refractivity contribution in [3.8, 4) is 0 Å². The summed E-state index contributed by atoms with van der Waals surface area (Å²) in [5, 5.41) is 11.6. The first-order valence-corrected chi connectivity index (χ1v) is 8.14. The van der Waals surface area contributed by atoms with Crippen LogP contribution in [0.15, 0.2) is 11.6 Å². The van der Waals surface area contributed by atoms with Gasteiger partial charge in [0.2, 0.25) is 11.0 Å². The smallest absolute Gasteiger partial charge is 0.219 e. The maximum absolute atomic E-state index is 11.6. The number of carbonyl (C=O) groups is 1. The summed E-state index contributed by atoms with van der Waals surface area (Å²) in [5.74, 6) is 1.81. The summed E-state index contributed by atoms with van der Waals surface area (Å²) < 4.78 is 0. The highest BCUT2D eigenvalue weighted by Crippen LogP contribution is 2.26. The molecule has 0 spiro atoms. The van der Waals surface area contributed by atoms with Crippen molar-refractivity contribution < 1.29 is 4.79 Å². The minimum Gasteiger partial charge on any atom is -0.342 e.